The van der Waals surface area contributed by atoms with Crippen molar-refractivity contribution in [2.24, 2.45) is 5.10 Å². The Hall–Kier alpha value is -4.46. The monoisotopic (exact) mass is 415 g/mol. The third-order valence-corrected chi connectivity index (χ3v) is 4.61. The molecule has 0 aliphatic carbocycles. The van der Waals surface area contributed by atoms with Gasteiger partial charge in [0.15, 0.2) is 0 Å². The van der Waals surface area contributed by atoms with Gasteiger partial charge in [0.2, 0.25) is 0 Å². The number of carboxylic acid groups (broad SMARTS) is 1. The van der Waals surface area contributed by atoms with Crippen LogP contribution in [0, 0.1) is 0 Å². The number of ether oxygens (including phenoxy) is 1. The Morgan fingerprint density at radius 3 is 2.48 bits per heavy atom. The highest BCUT2D eigenvalue weighted by molar-refractivity contribution is 5.87. The Kier molecular flexibility index (Phi) is 5.44. The zero-order valence-corrected chi connectivity index (χ0v) is 16.2. The summed E-state index contributed by atoms with van der Waals surface area (Å²) in [5, 5.41) is 13.4. The molecule has 0 aliphatic heterocycles. The number of hydrogen-bond acceptors (Lipinski definition) is 5. The van der Waals surface area contributed by atoms with Crippen LogP contribution < -0.4 is 16.0 Å². The summed E-state index contributed by atoms with van der Waals surface area (Å²) in [4.78, 5) is 38.4. The van der Waals surface area contributed by atoms with E-state index in [1.807, 2.05) is 0 Å². The molecule has 154 valence electrons. The minimum Gasteiger partial charge on any atom is -0.488 e. The molecular formula is C23H17N3O5. The van der Waals surface area contributed by atoms with Gasteiger partial charge in [-0.3, -0.25) is 4.79 Å². The maximum absolute atomic E-state index is 12.6. The van der Waals surface area contributed by atoms with Crippen LogP contribution in [0.3, 0.4) is 0 Å². The highest BCUT2D eigenvalue weighted by atomic mass is 16.5. The quantitative estimate of drug-likeness (QED) is 0.470. The van der Waals surface area contributed by atoms with E-state index in [0.29, 0.717) is 22.2 Å². The van der Waals surface area contributed by atoms with E-state index in [1.54, 1.807) is 60.7 Å². The van der Waals surface area contributed by atoms with Crippen molar-refractivity contribution in [1.82, 2.24) is 9.66 Å². The van der Waals surface area contributed by atoms with Gasteiger partial charge in [0, 0.05) is 5.56 Å². The van der Waals surface area contributed by atoms with Crippen LogP contribution in [0.2, 0.25) is 0 Å². The number of carboxylic acids is 1. The minimum atomic E-state index is -0.993. The molecule has 8 heteroatoms. The first-order chi connectivity index (χ1) is 15.0. The first kappa shape index (κ1) is 19.8. The largest absolute Gasteiger partial charge is 0.488 e. The van der Waals surface area contributed by atoms with Gasteiger partial charge in [0.25, 0.3) is 5.56 Å². The van der Waals surface area contributed by atoms with Gasteiger partial charge < -0.3 is 14.8 Å². The maximum Gasteiger partial charge on any atom is 0.349 e. The third kappa shape index (κ3) is 4.27. The van der Waals surface area contributed by atoms with Gasteiger partial charge in [-0.2, -0.15) is 5.10 Å². The standard InChI is InChI=1S/C23H17N3O5/c27-21-18-6-2-3-7-19(18)25-23(30)26(21)24-13-17-5-1-4-8-20(17)31-14-15-9-11-16(12-10-15)22(28)29/h1-13H,14H2,(H,25,30)(H,28,29). The molecule has 0 amide bonds. The number of aromatic amines is 1. The lowest BCUT2D eigenvalue weighted by atomic mass is 10.1. The fourth-order valence-electron chi connectivity index (χ4n) is 3.00. The summed E-state index contributed by atoms with van der Waals surface area (Å²) in [6.45, 7) is 0.210. The van der Waals surface area contributed by atoms with Crippen LogP contribution >= 0.6 is 0 Å². The van der Waals surface area contributed by atoms with Gasteiger partial charge in [-0.15, -0.1) is 4.68 Å². The number of aromatic nitrogens is 2. The number of para-hydroxylation sites is 2. The molecule has 0 radical (unpaired) electrons. The smallest absolute Gasteiger partial charge is 0.349 e. The molecule has 1 aromatic heterocycles. The molecule has 0 saturated carbocycles. The number of H-pyrrole nitrogens is 1. The van der Waals surface area contributed by atoms with E-state index in [2.05, 4.69) is 10.1 Å². The minimum absolute atomic E-state index is 0.197. The fraction of sp³-hybridized carbons (Fsp3) is 0.0435. The summed E-state index contributed by atoms with van der Waals surface area (Å²) < 4.78 is 6.60. The van der Waals surface area contributed by atoms with E-state index >= 15 is 0 Å². The average Bonchev–Trinajstić information content (AvgIpc) is 2.78. The van der Waals surface area contributed by atoms with Crippen LogP contribution in [0.1, 0.15) is 21.5 Å². The molecule has 0 spiro atoms. The SMILES string of the molecule is O=C(O)c1ccc(COc2ccccc2C=Nn2c(=O)[nH]c3ccccc3c2=O)cc1. The number of nitrogens with one attached hydrogen (secondary N) is 1. The van der Waals surface area contributed by atoms with Crippen molar-refractivity contribution in [3.63, 3.8) is 0 Å². The van der Waals surface area contributed by atoms with Gasteiger partial charge in [-0.05, 0) is 42.0 Å². The molecule has 8 nitrogen and oxygen atoms in total. The molecule has 0 aliphatic rings. The number of rotatable bonds is 6. The summed E-state index contributed by atoms with van der Waals surface area (Å²) >= 11 is 0. The van der Waals surface area contributed by atoms with Crippen molar-refractivity contribution in [2.45, 2.75) is 6.61 Å². The summed E-state index contributed by atoms with van der Waals surface area (Å²) in [5.41, 5.74) is 0.844. The molecule has 0 bridgehead atoms. The predicted octanol–water partition coefficient (Wildman–Crippen LogP) is 2.85. The molecule has 4 rings (SSSR count). The molecule has 0 saturated heterocycles. The molecule has 2 N–H and O–H groups in total. The van der Waals surface area contributed by atoms with Crippen molar-refractivity contribution in [2.75, 3.05) is 0 Å². The second kappa shape index (κ2) is 8.50. The van der Waals surface area contributed by atoms with E-state index in [-0.39, 0.29) is 12.2 Å². The summed E-state index contributed by atoms with van der Waals surface area (Å²) in [6.07, 6.45) is 1.38. The van der Waals surface area contributed by atoms with Gasteiger partial charge in [-0.1, -0.05) is 36.4 Å². The Labute approximate surface area is 175 Å². The Balaban J connectivity index is 1.59. The number of hydrogen-bond donors (Lipinski definition) is 2. The van der Waals surface area contributed by atoms with Crippen LogP contribution in [-0.4, -0.2) is 27.0 Å². The number of benzene rings is 3. The van der Waals surface area contributed by atoms with Crippen molar-refractivity contribution >= 4 is 23.1 Å². The van der Waals surface area contributed by atoms with Crippen molar-refractivity contribution in [1.29, 1.82) is 0 Å². The van der Waals surface area contributed by atoms with Gasteiger partial charge in [-0.25, -0.2) is 9.59 Å². The zero-order chi connectivity index (χ0) is 21.8. The lowest BCUT2D eigenvalue weighted by molar-refractivity contribution is 0.0697. The first-order valence-electron chi connectivity index (χ1n) is 9.35. The van der Waals surface area contributed by atoms with E-state index in [1.165, 1.54) is 18.3 Å². The normalized spacial score (nSPS) is 11.1. The van der Waals surface area contributed by atoms with Crippen LogP contribution in [-0.2, 0) is 6.61 Å². The molecule has 0 atom stereocenters. The highest BCUT2D eigenvalue weighted by Crippen LogP contribution is 2.18. The van der Waals surface area contributed by atoms with E-state index in [0.717, 1.165) is 10.2 Å². The third-order valence-electron chi connectivity index (χ3n) is 4.61. The van der Waals surface area contributed by atoms with Gasteiger partial charge in [0.05, 0.1) is 22.7 Å². The number of aromatic carboxylic acids is 1. The van der Waals surface area contributed by atoms with Crippen LogP contribution in [0.4, 0.5) is 0 Å². The predicted molar refractivity (Wildman–Crippen MR) is 116 cm³/mol. The lowest BCUT2D eigenvalue weighted by Gasteiger charge is -2.09. The first-order valence-corrected chi connectivity index (χ1v) is 9.35. The highest BCUT2D eigenvalue weighted by Gasteiger charge is 2.07. The molecule has 0 fully saturated rings. The Morgan fingerprint density at radius 2 is 1.71 bits per heavy atom. The van der Waals surface area contributed by atoms with Crippen molar-refractivity contribution in [3.05, 3.63) is 110 Å². The summed E-state index contributed by atoms with van der Waals surface area (Å²) in [6, 6.07) is 20.1. The van der Waals surface area contributed by atoms with Gasteiger partial charge >= 0.3 is 11.7 Å². The molecule has 4 aromatic rings. The van der Waals surface area contributed by atoms with Crippen LogP contribution in [0.15, 0.2) is 87.5 Å². The molecule has 3 aromatic carbocycles. The van der Waals surface area contributed by atoms with Gasteiger partial charge in [0.1, 0.15) is 12.4 Å². The molecule has 1 heterocycles. The van der Waals surface area contributed by atoms with E-state index < -0.39 is 17.2 Å². The van der Waals surface area contributed by atoms with E-state index in [9.17, 15) is 14.4 Å². The number of fused-ring (bicyclic) bond motifs is 1. The number of carbonyl (C=O) groups is 1. The Morgan fingerprint density at radius 1 is 1.00 bits per heavy atom. The van der Waals surface area contributed by atoms with Crippen LogP contribution in [0.25, 0.3) is 10.9 Å². The topological polar surface area (TPSA) is 114 Å². The number of nitrogens with zero attached hydrogens (tertiary/aromatic N) is 2. The maximum atomic E-state index is 12.6. The molecule has 0 unspecified atom stereocenters. The Bertz CT molecular complexity index is 1400. The second-order valence-electron chi connectivity index (χ2n) is 6.67. The average molecular weight is 415 g/mol. The zero-order valence-electron chi connectivity index (χ0n) is 16.2. The summed E-state index contributed by atoms with van der Waals surface area (Å²) in [5.74, 6) is -0.494. The molecular weight excluding hydrogens is 398 g/mol. The van der Waals surface area contributed by atoms with E-state index in [4.69, 9.17) is 9.84 Å². The van der Waals surface area contributed by atoms with Crippen LogP contribution in [0.5, 0.6) is 5.75 Å². The molecule has 31 heavy (non-hydrogen) atoms. The van der Waals surface area contributed by atoms with Crippen molar-refractivity contribution in [3.8, 4) is 5.75 Å². The van der Waals surface area contributed by atoms with Crippen molar-refractivity contribution < 1.29 is 14.6 Å². The lowest BCUT2D eigenvalue weighted by Crippen LogP contribution is -2.32. The second-order valence-corrected chi connectivity index (χ2v) is 6.67. The summed E-state index contributed by atoms with van der Waals surface area (Å²) in [7, 11) is 0. The fourth-order valence-corrected chi connectivity index (χ4v) is 3.00.